The Bertz CT molecular complexity index is 1010. The summed E-state index contributed by atoms with van der Waals surface area (Å²) in [5.41, 5.74) is 1.79. The number of hydrogen-bond donors (Lipinski definition) is 3. The third-order valence-electron chi connectivity index (χ3n) is 6.13. The Kier molecular flexibility index (Phi) is 14.2. The molecule has 0 aliphatic carbocycles. The fraction of sp³-hybridized carbons (Fsp3) is 0.387. The average molecular weight is 521 g/mol. The molecule has 3 N–H and O–H groups in total. The van der Waals surface area contributed by atoms with Gasteiger partial charge in [-0.1, -0.05) is 72.8 Å². The largest absolute Gasteiger partial charge is 0.463 e. The summed E-state index contributed by atoms with van der Waals surface area (Å²) >= 11 is 0. The predicted octanol–water partition coefficient (Wildman–Crippen LogP) is 4.44. The van der Waals surface area contributed by atoms with Crippen molar-refractivity contribution >= 4 is 17.8 Å². The fourth-order valence-electron chi connectivity index (χ4n) is 4.06. The molecular weight excluding hydrogens is 480 g/mol. The Labute approximate surface area is 226 Å². The van der Waals surface area contributed by atoms with Gasteiger partial charge in [-0.2, -0.15) is 0 Å². The van der Waals surface area contributed by atoms with Crippen molar-refractivity contribution in [1.29, 1.82) is 0 Å². The smallest absolute Gasteiger partial charge is 0.305 e. The molecule has 3 atom stereocenters. The number of carbonyl (C=O) groups is 3. The maximum absolute atomic E-state index is 13.2. The number of rotatable bonds is 18. The Morgan fingerprint density at radius 3 is 2.24 bits per heavy atom. The van der Waals surface area contributed by atoms with Crippen LogP contribution in [0.5, 0.6) is 0 Å². The monoisotopic (exact) mass is 520 g/mol. The minimum Gasteiger partial charge on any atom is -0.463 e. The third kappa shape index (κ3) is 11.6. The molecule has 0 heterocycles. The number of nitrogens with one attached hydrogen (secondary N) is 2. The summed E-state index contributed by atoms with van der Waals surface area (Å²) in [5.74, 6) is -1.65. The number of aliphatic hydroxyl groups is 1. The van der Waals surface area contributed by atoms with Crippen molar-refractivity contribution in [2.75, 3.05) is 13.2 Å². The Morgan fingerprint density at radius 2 is 1.61 bits per heavy atom. The van der Waals surface area contributed by atoms with E-state index in [1.54, 1.807) is 6.08 Å². The standard InChI is InChI=1S/C31H40N2O5/c1-3-5-6-13-19-30(36)38-23-28(25-17-11-8-12-18-25)33-31(37)26(14-4-2)21-29(35)32-27(22-34)20-24-15-9-7-10-16-24/h3-4,7-12,15-18,26-28,34H,1-2,5-6,13-14,19-23H2,(H,32,35)(H,33,37). The van der Waals surface area contributed by atoms with Gasteiger partial charge in [-0.3, -0.25) is 14.4 Å². The Morgan fingerprint density at radius 1 is 0.921 bits per heavy atom. The first-order valence-electron chi connectivity index (χ1n) is 13.1. The number of carbonyl (C=O) groups excluding carboxylic acids is 3. The first-order chi connectivity index (χ1) is 18.5. The summed E-state index contributed by atoms with van der Waals surface area (Å²) in [4.78, 5) is 38.3. The second-order valence-corrected chi connectivity index (χ2v) is 9.25. The van der Waals surface area contributed by atoms with Crippen molar-refractivity contribution in [2.24, 2.45) is 5.92 Å². The fourth-order valence-corrected chi connectivity index (χ4v) is 4.06. The lowest BCUT2D eigenvalue weighted by Gasteiger charge is -2.23. The Hall–Kier alpha value is -3.71. The highest BCUT2D eigenvalue weighted by Crippen LogP contribution is 2.18. The van der Waals surface area contributed by atoms with E-state index in [1.807, 2.05) is 66.7 Å². The molecule has 2 aromatic carbocycles. The molecule has 38 heavy (non-hydrogen) atoms. The number of unbranched alkanes of at least 4 members (excludes halogenated alkanes) is 2. The Balaban J connectivity index is 1.99. The van der Waals surface area contributed by atoms with Gasteiger partial charge in [-0.05, 0) is 43.2 Å². The molecule has 3 unspecified atom stereocenters. The van der Waals surface area contributed by atoms with Crippen LogP contribution in [0.1, 0.15) is 55.7 Å². The summed E-state index contributed by atoms with van der Waals surface area (Å²) in [6.07, 6.45) is 6.87. The number of allylic oxidation sites excluding steroid dienone is 2. The lowest BCUT2D eigenvalue weighted by Crippen LogP contribution is -2.42. The normalized spacial score (nSPS) is 13.0. The average Bonchev–Trinajstić information content (AvgIpc) is 2.93. The van der Waals surface area contributed by atoms with Crippen molar-refractivity contribution in [3.8, 4) is 0 Å². The van der Waals surface area contributed by atoms with Crippen LogP contribution in [-0.2, 0) is 25.5 Å². The molecule has 0 spiro atoms. The zero-order valence-electron chi connectivity index (χ0n) is 22.0. The van der Waals surface area contributed by atoms with Gasteiger partial charge in [0.2, 0.25) is 11.8 Å². The first kappa shape index (κ1) is 30.5. The van der Waals surface area contributed by atoms with Crippen LogP contribution in [0.3, 0.4) is 0 Å². The molecule has 0 aliphatic heterocycles. The molecular formula is C31H40N2O5. The van der Waals surface area contributed by atoms with E-state index in [0.717, 1.165) is 24.0 Å². The van der Waals surface area contributed by atoms with Gasteiger partial charge in [0.15, 0.2) is 0 Å². The van der Waals surface area contributed by atoms with Gasteiger partial charge in [0.05, 0.1) is 24.6 Å². The minimum absolute atomic E-state index is 0.00723. The second-order valence-electron chi connectivity index (χ2n) is 9.25. The summed E-state index contributed by atoms with van der Waals surface area (Å²) in [5, 5.41) is 15.5. The molecule has 7 nitrogen and oxygen atoms in total. The summed E-state index contributed by atoms with van der Waals surface area (Å²) < 4.78 is 5.48. The van der Waals surface area contributed by atoms with Crippen LogP contribution in [0, 0.1) is 5.92 Å². The first-order valence-corrected chi connectivity index (χ1v) is 13.1. The molecule has 204 valence electrons. The van der Waals surface area contributed by atoms with E-state index >= 15 is 0 Å². The topological polar surface area (TPSA) is 105 Å². The van der Waals surface area contributed by atoms with Crippen molar-refractivity contribution in [1.82, 2.24) is 10.6 Å². The van der Waals surface area contributed by atoms with Gasteiger partial charge in [0, 0.05) is 12.8 Å². The zero-order valence-corrected chi connectivity index (χ0v) is 22.0. The highest BCUT2D eigenvalue weighted by atomic mass is 16.5. The van der Waals surface area contributed by atoms with Crippen LogP contribution >= 0.6 is 0 Å². The molecule has 2 aromatic rings. The van der Waals surface area contributed by atoms with E-state index < -0.39 is 18.0 Å². The van der Waals surface area contributed by atoms with Gasteiger partial charge in [-0.25, -0.2) is 0 Å². The quantitative estimate of drug-likeness (QED) is 0.153. The maximum atomic E-state index is 13.2. The lowest BCUT2D eigenvalue weighted by atomic mass is 9.98. The van der Waals surface area contributed by atoms with Crippen LogP contribution in [0.2, 0.25) is 0 Å². The highest BCUT2D eigenvalue weighted by Gasteiger charge is 2.25. The SMILES string of the molecule is C=CCCCCC(=O)OCC(NC(=O)C(CC=C)CC(=O)NC(CO)Cc1ccccc1)c1ccccc1. The van der Waals surface area contributed by atoms with Gasteiger partial charge in [0.1, 0.15) is 6.61 Å². The zero-order chi connectivity index (χ0) is 27.6. The van der Waals surface area contributed by atoms with Crippen LogP contribution in [0.4, 0.5) is 0 Å². The van der Waals surface area contributed by atoms with Crippen molar-refractivity contribution in [3.63, 3.8) is 0 Å². The number of amides is 2. The number of hydrogen-bond acceptors (Lipinski definition) is 5. The van der Waals surface area contributed by atoms with Gasteiger partial charge >= 0.3 is 5.97 Å². The number of ether oxygens (including phenoxy) is 1. The highest BCUT2D eigenvalue weighted by molar-refractivity contribution is 5.86. The van der Waals surface area contributed by atoms with E-state index in [4.69, 9.17) is 4.74 Å². The third-order valence-corrected chi connectivity index (χ3v) is 6.13. The molecule has 0 fully saturated rings. The second kappa shape index (κ2) is 17.7. The van der Waals surface area contributed by atoms with E-state index in [2.05, 4.69) is 23.8 Å². The number of benzene rings is 2. The molecule has 0 aromatic heterocycles. The van der Waals surface area contributed by atoms with Crippen LogP contribution < -0.4 is 10.6 Å². The molecule has 0 saturated carbocycles. The number of esters is 1. The molecule has 0 bridgehead atoms. The summed E-state index contributed by atoms with van der Waals surface area (Å²) in [6.45, 7) is 7.19. The molecule has 2 rings (SSSR count). The van der Waals surface area contributed by atoms with E-state index in [-0.39, 0.29) is 37.4 Å². The number of aliphatic hydroxyl groups excluding tert-OH is 1. The van der Waals surface area contributed by atoms with Crippen LogP contribution in [0.15, 0.2) is 86.0 Å². The van der Waals surface area contributed by atoms with E-state index in [1.165, 1.54) is 0 Å². The summed E-state index contributed by atoms with van der Waals surface area (Å²) in [6, 6.07) is 17.8. The van der Waals surface area contributed by atoms with E-state index in [0.29, 0.717) is 25.7 Å². The van der Waals surface area contributed by atoms with Crippen LogP contribution in [0.25, 0.3) is 0 Å². The molecule has 0 aliphatic rings. The molecule has 7 heteroatoms. The van der Waals surface area contributed by atoms with Crippen molar-refractivity contribution < 1.29 is 24.2 Å². The molecule has 0 saturated heterocycles. The van der Waals surface area contributed by atoms with Gasteiger partial charge < -0.3 is 20.5 Å². The maximum Gasteiger partial charge on any atom is 0.305 e. The van der Waals surface area contributed by atoms with Gasteiger partial charge in [-0.15, -0.1) is 13.2 Å². The minimum atomic E-state index is -0.663. The van der Waals surface area contributed by atoms with E-state index in [9.17, 15) is 19.5 Å². The molecule has 0 radical (unpaired) electrons. The van der Waals surface area contributed by atoms with Crippen molar-refractivity contribution in [2.45, 2.75) is 57.0 Å². The van der Waals surface area contributed by atoms with Crippen molar-refractivity contribution in [3.05, 3.63) is 97.1 Å². The predicted molar refractivity (Wildman–Crippen MR) is 149 cm³/mol. The van der Waals surface area contributed by atoms with Crippen LogP contribution in [-0.4, -0.2) is 42.1 Å². The summed E-state index contributed by atoms with van der Waals surface area (Å²) in [7, 11) is 0. The molecule has 2 amide bonds. The lowest BCUT2D eigenvalue weighted by molar-refractivity contribution is -0.145. The van der Waals surface area contributed by atoms with Gasteiger partial charge in [0.25, 0.3) is 0 Å².